The lowest BCUT2D eigenvalue weighted by molar-refractivity contribution is -0.143. The quantitative estimate of drug-likeness (QED) is 0.358. The van der Waals surface area contributed by atoms with Crippen LogP contribution in [0.3, 0.4) is 0 Å². The van der Waals surface area contributed by atoms with Crippen LogP contribution in [0.1, 0.15) is 24.0 Å². The molecular weight excluding hydrogens is 511 g/mol. The van der Waals surface area contributed by atoms with E-state index >= 15 is 0 Å². The first-order valence-electron chi connectivity index (χ1n) is 12.3. The topological polar surface area (TPSA) is 67.9 Å². The summed E-state index contributed by atoms with van der Waals surface area (Å²) in [4.78, 5) is 28.8. The van der Waals surface area contributed by atoms with E-state index in [9.17, 15) is 9.59 Å². The Balaban J connectivity index is 1.58. The Kier molecular flexibility index (Phi) is 9.83. The zero-order valence-corrected chi connectivity index (χ0v) is 22.0. The number of hydrogen-bond acceptors (Lipinski definition) is 4. The van der Waals surface area contributed by atoms with Gasteiger partial charge >= 0.3 is 0 Å². The molecule has 1 heterocycles. The molecule has 1 fully saturated rings. The van der Waals surface area contributed by atoms with Gasteiger partial charge in [-0.25, -0.2) is 0 Å². The second kappa shape index (κ2) is 13.5. The van der Waals surface area contributed by atoms with E-state index < -0.39 is 6.04 Å². The third kappa shape index (κ3) is 7.96. The van der Waals surface area contributed by atoms with Crippen LogP contribution < -0.4 is 10.1 Å². The third-order valence-electron chi connectivity index (χ3n) is 6.25. The predicted molar refractivity (Wildman–Crippen MR) is 145 cm³/mol. The highest BCUT2D eigenvalue weighted by molar-refractivity contribution is 6.32. The van der Waals surface area contributed by atoms with E-state index in [4.69, 9.17) is 32.7 Å². The number of amides is 2. The van der Waals surface area contributed by atoms with Crippen molar-refractivity contribution in [2.75, 3.05) is 19.8 Å². The number of carbonyl (C=O) groups is 2. The molecule has 2 amide bonds. The van der Waals surface area contributed by atoms with Gasteiger partial charge in [-0.15, -0.1) is 0 Å². The number of hydrogen-bond donors (Lipinski definition) is 1. The van der Waals surface area contributed by atoms with Gasteiger partial charge in [0.05, 0.1) is 11.1 Å². The number of carbonyl (C=O) groups excluding carboxylic acids is 2. The summed E-state index contributed by atoms with van der Waals surface area (Å²) in [5.74, 6) is -0.158. The van der Waals surface area contributed by atoms with E-state index in [1.54, 1.807) is 41.3 Å². The van der Waals surface area contributed by atoms with E-state index in [2.05, 4.69) is 5.32 Å². The Morgan fingerprint density at radius 2 is 1.70 bits per heavy atom. The summed E-state index contributed by atoms with van der Waals surface area (Å²) in [5.41, 5.74) is 1.79. The minimum absolute atomic E-state index is 0.00898. The van der Waals surface area contributed by atoms with E-state index in [0.29, 0.717) is 35.4 Å². The van der Waals surface area contributed by atoms with E-state index in [0.717, 1.165) is 24.0 Å². The molecule has 3 aromatic carbocycles. The van der Waals surface area contributed by atoms with Gasteiger partial charge in [-0.2, -0.15) is 0 Å². The van der Waals surface area contributed by atoms with Crippen molar-refractivity contribution < 1.29 is 19.1 Å². The van der Waals surface area contributed by atoms with Crippen LogP contribution in [0.25, 0.3) is 0 Å². The lowest BCUT2D eigenvalue weighted by Gasteiger charge is -2.32. The van der Waals surface area contributed by atoms with Gasteiger partial charge in [-0.3, -0.25) is 9.59 Å². The van der Waals surface area contributed by atoms with Crippen LogP contribution in [0, 0.1) is 0 Å². The molecule has 8 heteroatoms. The number of nitrogens with one attached hydrogen (secondary N) is 1. The fourth-order valence-corrected chi connectivity index (χ4v) is 4.58. The van der Waals surface area contributed by atoms with Crippen molar-refractivity contribution in [3.8, 4) is 5.75 Å². The van der Waals surface area contributed by atoms with Crippen LogP contribution in [0.4, 0.5) is 0 Å². The van der Waals surface area contributed by atoms with Crippen molar-refractivity contribution in [1.82, 2.24) is 10.2 Å². The molecular formula is C29H30Cl2N2O4. The van der Waals surface area contributed by atoms with Gasteiger partial charge in [-0.1, -0.05) is 77.8 Å². The number of ether oxygens (including phenoxy) is 2. The Morgan fingerprint density at radius 3 is 2.41 bits per heavy atom. The van der Waals surface area contributed by atoms with Gasteiger partial charge < -0.3 is 19.7 Å². The van der Waals surface area contributed by atoms with Crippen molar-refractivity contribution in [3.05, 3.63) is 100 Å². The van der Waals surface area contributed by atoms with Crippen LogP contribution in [0.5, 0.6) is 5.75 Å². The lowest BCUT2D eigenvalue weighted by atomic mass is 10.0. The molecule has 1 aliphatic rings. The predicted octanol–water partition coefficient (Wildman–Crippen LogP) is 5.31. The number of rotatable bonds is 11. The summed E-state index contributed by atoms with van der Waals surface area (Å²) in [5, 5.41) is 4.03. The van der Waals surface area contributed by atoms with Crippen LogP contribution in [-0.2, 0) is 27.3 Å². The largest absolute Gasteiger partial charge is 0.482 e. The van der Waals surface area contributed by atoms with Crippen molar-refractivity contribution in [3.63, 3.8) is 0 Å². The first-order chi connectivity index (χ1) is 18.0. The Labute approximate surface area is 227 Å². The molecule has 6 nitrogen and oxygen atoms in total. The van der Waals surface area contributed by atoms with Crippen LogP contribution >= 0.6 is 23.2 Å². The molecule has 0 bridgehead atoms. The highest BCUT2D eigenvalue weighted by Crippen LogP contribution is 2.24. The minimum atomic E-state index is -0.762. The van der Waals surface area contributed by atoms with Crippen LogP contribution in [-0.4, -0.2) is 48.6 Å². The Morgan fingerprint density at radius 1 is 0.973 bits per heavy atom. The molecule has 1 N–H and O–H groups in total. The molecule has 3 aromatic rings. The van der Waals surface area contributed by atoms with Gasteiger partial charge in [0.2, 0.25) is 5.91 Å². The number of nitrogens with zero attached hydrogens (tertiary/aromatic N) is 1. The Hall–Kier alpha value is -3.06. The van der Waals surface area contributed by atoms with Crippen molar-refractivity contribution in [2.45, 2.75) is 38.0 Å². The maximum absolute atomic E-state index is 13.6. The molecule has 0 saturated carbocycles. The molecule has 0 aliphatic carbocycles. The highest BCUT2D eigenvalue weighted by atomic mass is 35.5. The van der Waals surface area contributed by atoms with Crippen molar-refractivity contribution >= 4 is 35.0 Å². The molecule has 0 unspecified atom stereocenters. The summed E-state index contributed by atoms with van der Waals surface area (Å²) >= 11 is 12.3. The molecule has 1 aliphatic heterocycles. The average molecular weight is 541 g/mol. The van der Waals surface area contributed by atoms with Crippen LogP contribution in [0.2, 0.25) is 10.0 Å². The molecule has 0 spiro atoms. The summed E-state index contributed by atoms with van der Waals surface area (Å²) in [7, 11) is 0. The summed E-state index contributed by atoms with van der Waals surface area (Å²) in [6.45, 7) is 1.06. The van der Waals surface area contributed by atoms with Gasteiger partial charge in [0.25, 0.3) is 5.91 Å². The van der Waals surface area contributed by atoms with Gasteiger partial charge in [-0.05, 0) is 48.2 Å². The monoisotopic (exact) mass is 540 g/mol. The molecule has 1 saturated heterocycles. The van der Waals surface area contributed by atoms with Crippen molar-refractivity contribution in [2.24, 2.45) is 0 Å². The van der Waals surface area contributed by atoms with E-state index in [1.165, 1.54) is 0 Å². The average Bonchev–Trinajstić information content (AvgIpc) is 3.44. The summed E-state index contributed by atoms with van der Waals surface area (Å²) < 4.78 is 11.4. The van der Waals surface area contributed by atoms with Gasteiger partial charge in [0.1, 0.15) is 11.8 Å². The first kappa shape index (κ1) is 27.0. The molecule has 194 valence electrons. The summed E-state index contributed by atoms with van der Waals surface area (Å²) in [6.07, 6.45) is 2.23. The molecule has 0 aromatic heterocycles. The lowest BCUT2D eigenvalue weighted by Crippen LogP contribution is -2.52. The second-order valence-electron chi connectivity index (χ2n) is 8.95. The Bertz CT molecular complexity index is 1170. The standard InChI is InChI=1S/C29H30Cl2N2O4/c30-23-14-12-22(13-15-23)19-33(28(34)20-37-27-11-5-4-10-25(27)31)26(17-21-7-2-1-3-8-21)29(35)32-18-24-9-6-16-36-24/h1-5,7-8,10-15,24,26H,6,9,16-20H2,(H,32,35)/t24-,26-/m0/s1. The van der Waals surface area contributed by atoms with E-state index in [1.807, 2.05) is 42.5 Å². The highest BCUT2D eigenvalue weighted by Gasteiger charge is 2.31. The second-order valence-corrected chi connectivity index (χ2v) is 9.80. The number of halogens is 2. The van der Waals surface area contributed by atoms with E-state index in [-0.39, 0.29) is 31.1 Å². The van der Waals surface area contributed by atoms with Crippen LogP contribution in [0.15, 0.2) is 78.9 Å². The smallest absolute Gasteiger partial charge is 0.261 e. The fourth-order valence-electron chi connectivity index (χ4n) is 4.26. The third-order valence-corrected chi connectivity index (χ3v) is 6.82. The SMILES string of the molecule is O=C(NC[C@@H]1CCCO1)[C@H](Cc1ccccc1)N(Cc1ccc(Cl)cc1)C(=O)COc1ccccc1Cl. The fraction of sp³-hybridized carbons (Fsp3) is 0.310. The minimum Gasteiger partial charge on any atom is -0.482 e. The maximum Gasteiger partial charge on any atom is 0.261 e. The van der Waals surface area contributed by atoms with Gasteiger partial charge in [0.15, 0.2) is 6.61 Å². The maximum atomic E-state index is 13.6. The zero-order chi connectivity index (χ0) is 26.0. The van der Waals surface area contributed by atoms with Gasteiger partial charge in [0, 0.05) is 31.1 Å². The number of benzene rings is 3. The molecule has 37 heavy (non-hydrogen) atoms. The normalized spacial score (nSPS) is 15.7. The summed E-state index contributed by atoms with van der Waals surface area (Å²) in [6, 6.07) is 23.1. The van der Waals surface area contributed by atoms with Crippen molar-refractivity contribution in [1.29, 1.82) is 0 Å². The number of para-hydroxylation sites is 1. The first-order valence-corrected chi connectivity index (χ1v) is 13.1. The molecule has 0 radical (unpaired) electrons. The molecule has 2 atom stereocenters. The molecule has 4 rings (SSSR count). The zero-order valence-electron chi connectivity index (χ0n) is 20.4.